The van der Waals surface area contributed by atoms with E-state index in [1.807, 2.05) is 19.9 Å². The summed E-state index contributed by atoms with van der Waals surface area (Å²) in [4.78, 5) is 22.4. The van der Waals surface area contributed by atoms with Gasteiger partial charge < -0.3 is 16.4 Å². The molecule has 0 fully saturated rings. The van der Waals surface area contributed by atoms with Crippen LogP contribution < -0.4 is 16.4 Å². The van der Waals surface area contributed by atoms with Gasteiger partial charge in [-0.05, 0) is 29.7 Å². The Hall–Kier alpha value is -2.04. The van der Waals surface area contributed by atoms with Crippen LogP contribution in [-0.4, -0.2) is 19.0 Å². The lowest BCUT2D eigenvalue weighted by atomic mass is 9.99. The number of nitrogens with two attached hydrogens (primary N) is 1. The first-order valence-corrected chi connectivity index (χ1v) is 5.37. The Kier molecular flexibility index (Phi) is 4.09. The molecule has 1 aromatic rings. The van der Waals surface area contributed by atoms with Gasteiger partial charge in [0.15, 0.2) is 0 Å². The van der Waals surface area contributed by atoms with Gasteiger partial charge in [-0.15, -0.1) is 0 Å². The van der Waals surface area contributed by atoms with Crippen molar-refractivity contribution in [1.82, 2.24) is 5.32 Å². The molecular formula is C12H17N3O2. The van der Waals surface area contributed by atoms with Crippen molar-refractivity contribution in [1.29, 1.82) is 0 Å². The van der Waals surface area contributed by atoms with E-state index in [0.29, 0.717) is 11.3 Å². The van der Waals surface area contributed by atoms with Crippen molar-refractivity contribution in [2.45, 2.75) is 19.8 Å². The van der Waals surface area contributed by atoms with E-state index in [-0.39, 0.29) is 11.9 Å². The van der Waals surface area contributed by atoms with E-state index in [9.17, 15) is 9.59 Å². The van der Waals surface area contributed by atoms with E-state index in [1.165, 1.54) is 7.05 Å². The Labute approximate surface area is 100 Å². The third-order valence-electron chi connectivity index (χ3n) is 2.39. The highest BCUT2D eigenvalue weighted by Gasteiger charge is 2.09. The fourth-order valence-electron chi connectivity index (χ4n) is 1.39. The van der Waals surface area contributed by atoms with Crippen LogP contribution in [0.1, 0.15) is 35.7 Å². The monoisotopic (exact) mass is 235 g/mol. The number of hydrogen-bond acceptors (Lipinski definition) is 2. The van der Waals surface area contributed by atoms with Crippen LogP contribution in [0.15, 0.2) is 18.2 Å². The van der Waals surface area contributed by atoms with E-state index >= 15 is 0 Å². The number of urea groups is 1. The summed E-state index contributed by atoms with van der Waals surface area (Å²) in [5.41, 5.74) is 7.15. The fourth-order valence-corrected chi connectivity index (χ4v) is 1.39. The molecular weight excluding hydrogens is 218 g/mol. The normalized spacial score (nSPS) is 10.1. The van der Waals surface area contributed by atoms with Gasteiger partial charge in [-0.2, -0.15) is 0 Å². The average molecular weight is 235 g/mol. The lowest BCUT2D eigenvalue weighted by Gasteiger charge is -2.11. The standard InChI is InChI=1S/C12H17N3O2/c1-7(2)8-4-9(11(13)16)6-10(5-8)15-12(17)14-3/h4-7H,1-3H3,(H2,13,16)(H2,14,15,17). The molecule has 0 aliphatic heterocycles. The van der Waals surface area contributed by atoms with Crippen molar-refractivity contribution in [3.05, 3.63) is 29.3 Å². The van der Waals surface area contributed by atoms with E-state index < -0.39 is 5.91 Å². The minimum absolute atomic E-state index is 0.250. The minimum atomic E-state index is -0.507. The third kappa shape index (κ3) is 3.48. The Bertz CT molecular complexity index is 441. The van der Waals surface area contributed by atoms with Crippen LogP contribution >= 0.6 is 0 Å². The molecule has 0 heterocycles. The number of benzene rings is 1. The maximum Gasteiger partial charge on any atom is 0.318 e. The maximum atomic E-state index is 11.2. The maximum absolute atomic E-state index is 11.2. The molecule has 17 heavy (non-hydrogen) atoms. The highest BCUT2D eigenvalue weighted by Crippen LogP contribution is 2.21. The first-order chi connectivity index (χ1) is 7.93. The van der Waals surface area contributed by atoms with Gasteiger partial charge in [0.1, 0.15) is 0 Å². The third-order valence-corrected chi connectivity index (χ3v) is 2.39. The van der Waals surface area contributed by atoms with Crippen LogP contribution in [0.5, 0.6) is 0 Å². The van der Waals surface area contributed by atoms with Crippen molar-refractivity contribution in [3.63, 3.8) is 0 Å². The first-order valence-electron chi connectivity index (χ1n) is 5.37. The molecule has 0 spiro atoms. The Morgan fingerprint density at radius 1 is 1.24 bits per heavy atom. The van der Waals surface area contributed by atoms with Gasteiger partial charge in [0, 0.05) is 18.3 Å². The number of hydrogen-bond donors (Lipinski definition) is 3. The topological polar surface area (TPSA) is 84.2 Å². The summed E-state index contributed by atoms with van der Waals surface area (Å²) in [6.45, 7) is 4.01. The summed E-state index contributed by atoms with van der Waals surface area (Å²) in [5, 5.41) is 5.07. The van der Waals surface area contributed by atoms with Crippen LogP contribution in [-0.2, 0) is 0 Å². The molecule has 0 aliphatic carbocycles. The van der Waals surface area contributed by atoms with Crippen LogP contribution in [0.2, 0.25) is 0 Å². The highest BCUT2D eigenvalue weighted by atomic mass is 16.2. The second kappa shape index (κ2) is 5.34. The number of amides is 3. The lowest BCUT2D eigenvalue weighted by molar-refractivity contribution is 0.1000. The highest BCUT2D eigenvalue weighted by molar-refractivity contribution is 5.96. The molecule has 5 nitrogen and oxygen atoms in total. The summed E-state index contributed by atoms with van der Waals surface area (Å²) < 4.78 is 0. The van der Waals surface area contributed by atoms with Gasteiger partial charge in [-0.25, -0.2) is 4.79 Å². The van der Waals surface area contributed by atoms with Gasteiger partial charge >= 0.3 is 6.03 Å². The molecule has 1 aromatic carbocycles. The van der Waals surface area contributed by atoms with Crippen molar-refractivity contribution in [2.24, 2.45) is 5.73 Å². The Morgan fingerprint density at radius 2 is 1.88 bits per heavy atom. The van der Waals surface area contributed by atoms with Gasteiger partial charge in [-0.3, -0.25) is 4.79 Å². The molecule has 0 saturated carbocycles. The summed E-state index contributed by atoms with van der Waals surface area (Å²) in [6, 6.07) is 4.79. The van der Waals surface area contributed by atoms with Crippen molar-refractivity contribution in [3.8, 4) is 0 Å². The van der Waals surface area contributed by atoms with Crippen LogP contribution in [0.4, 0.5) is 10.5 Å². The zero-order chi connectivity index (χ0) is 13.0. The molecule has 92 valence electrons. The van der Waals surface area contributed by atoms with E-state index in [4.69, 9.17) is 5.73 Å². The lowest BCUT2D eigenvalue weighted by Crippen LogP contribution is -2.24. The molecule has 0 aromatic heterocycles. The molecule has 0 saturated heterocycles. The van der Waals surface area contributed by atoms with E-state index in [1.54, 1.807) is 12.1 Å². The summed E-state index contributed by atoms with van der Waals surface area (Å²) in [5.74, 6) is -0.257. The van der Waals surface area contributed by atoms with Gasteiger partial charge in [0.2, 0.25) is 5.91 Å². The molecule has 0 bridgehead atoms. The minimum Gasteiger partial charge on any atom is -0.366 e. The smallest absolute Gasteiger partial charge is 0.318 e. The SMILES string of the molecule is CNC(=O)Nc1cc(C(N)=O)cc(C(C)C)c1. The first kappa shape index (κ1) is 13.0. The average Bonchev–Trinajstić information content (AvgIpc) is 2.28. The number of carbonyl (C=O) groups is 2. The van der Waals surface area contributed by atoms with Crippen molar-refractivity contribution < 1.29 is 9.59 Å². The van der Waals surface area contributed by atoms with Crippen LogP contribution in [0.3, 0.4) is 0 Å². The van der Waals surface area contributed by atoms with Gasteiger partial charge in [0.25, 0.3) is 0 Å². The molecule has 1 rings (SSSR count). The summed E-state index contributed by atoms with van der Waals surface area (Å²) in [7, 11) is 1.52. The largest absolute Gasteiger partial charge is 0.366 e. The number of nitrogens with one attached hydrogen (secondary N) is 2. The predicted octanol–water partition coefficient (Wildman–Crippen LogP) is 1.66. The Morgan fingerprint density at radius 3 is 2.35 bits per heavy atom. The summed E-state index contributed by atoms with van der Waals surface area (Å²) >= 11 is 0. The second-order valence-electron chi connectivity index (χ2n) is 4.07. The fraction of sp³-hybridized carbons (Fsp3) is 0.333. The molecule has 5 heteroatoms. The molecule has 3 amide bonds. The molecule has 0 radical (unpaired) electrons. The number of primary amides is 1. The number of anilines is 1. The second-order valence-corrected chi connectivity index (χ2v) is 4.07. The molecule has 0 unspecified atom stereocenters. The molecule has 4 N–H and O–H groups in total. The molecule has 0 atom stereocenters. The number of carbonyl (C=O) groups excluding carboxylic acids is 2. The Balaban J connectivity index is 3.12. The number of rotatable bonds is 3. The summed E-state index contributed by atoms with van der Waals surface area (Å²) in [6.07, 6.45) is 0. The predicted molar refractivity (Wildman–Crippen MR) is 67.1 cm³/mol. The van der Waals surface area contributed by atoms with Crippen LogP contribution in [0, 0.1) is 0 Å². The zero-order valence-electron chi connectivity index (χ0n) is 10.2. The van der Waals surface area contributed by atoms with Gasteiger partial charge in [-0.1, -0.05) is 13.8 Å². The molecule has 0 aliphatic rings. The van der Waals surface area contributed by atoms with Crippen molar-refractivity contribution >= 4 is 17.6 Å². The quantitative estimate of drug-likeness (QED) is 0.744. The zero-order valence-corrected chi connectivity index (χ0v) is 10.2. The van der Waals surface area contributed by atoms with E-state index in [0.717, 1.165) is 5.56 Å². The van der Waals surface area contributed by atoms with E-state index in [2.05, 4.69) is 10.6 Å². The van der Waals surface area contributed by atoms with Crippen molar-refractivity contribution in [2.75, 3.05) is 12.4 Å². The van der Waals surface area contributed by atoms with Gasteiger partial charge in [0.05, 0.1) is 0 Å². The van der Waals surface area contributed by atoms with Crippen LogP contribution in [0.25, 0.3) is 0 Å².